The van der Waals surface area contributed by atoms with Crippen molar-refractivity contribution in [2.75, 3.05) is 54.0 Å². The zero-order valence-corrected chi connectivity index (χ0v) is 14.2. The first-order valence-electron chi connectivity index (χ1n) is 8.00. The number of hydrogen-bond donors (Lipinski definition) is 1. The van der Waals surface area contributed by atoms with Gasteiger partial charge >= 0.3 is 0 Å². The van der Waals surface area contributed by atoms with Gasteiger partial charge in [-0.05, 0) is 37.6 Å². The van der Waals surface area contributed by atoms with Gasteiger partial charge in [-0.15, -0.1) is 0 Å². The van der Waals surface area contributed by atoms with Crippen LogP contribution in [0.15, 0.2) is 18.2 Å². The minimum atomic E-state index is -2.83. The molecule has 3 rings (SSSR count). The second kappa shape index (κ2) is 6.08. The molecule has 6 heteroatoms. The predicted octanol–water partition coefficient (Wildman–Crippen LogP) is 1.03. The Balaban J connectivity index is 1.78. The smallest absolute Gasteiger partial charge is 0.153 e. The zero-order chi connectivity index (χ0) is 15.7. The van der Waals surface area contributed by atoms with Gasteiger partial charge in [0.25, 0.3) is 0 Å². The third-order valence-electron chi connectivity index (χ3n) is 4.70. The van der Waals surface area contributed by atoms with Crippen molar-refractivity contribution in [3.8, 4) is 0 Å². The van der Waals surface area contributed by atoms with Crippen LogP contribution in [0.25, 0.3) is 0 Å². The van der Waals surface area contributed by atoms with E-state index in [0.717, 1.165) is 19.6 Å². The first kappa shape index (κ1) is 15.6. The molecule has 2 saturated heterocycles. The maximum Gasteiger partial charge on any atom is 0.153 e. The summed E-state index contributed by atoms with van der Waals surface area (Å²) in [5, 5.41) is 3.41. The fourth-order valence-corrected chi connectivity index (χ4v) is 4.55. The number of aryl methyl sites for hydroxylation is 1. The van der Waals surface area contributed by atoms with E-state index in [1.54, 1.807) is 0 Å². The largest absolute Gasteiger partial charge is 0.369 e. The normalized spacial score (nSPS) is 25.3. The molecule has 1 N–H and O–H groups in total. The van der Waals surface area contributed by atoms with Crippen molar-refractivity contribution >= 4 is 21.2 Å². The van der Waals surface area contributed by atoms with Crippen LogP contribution in [0.3, 0.4) is 0 Å². The Hall–Kier alpha value is -1.27. The molecule has 0 aromatic heterocycles. The van der Waals surface area contributed by atoms with Gasteiger partial charge in [0.05, 0.1) is 11.5 Å². The van der Waals surface area contributed by atoms with Gasteiger partial charge in [-0.25, -0.2) is 8.42 Å². The number of nitrogens with one attached hydrogen (secondary N) is 1. The van der Waals surface area contributed by atoms with E-state index in [2.05, 4.69) is 47.2 Å². The van der Waals surface area contributed by atoms with Gasteiger partial charge in [-0.2, -0.15) is 0 Å². The van der Waals surface area contributed by atoms with Crippen molar-refractivity contribution in [1.82, 2.24) is 5.32 Å². The molecule has 1 aromatic rings. The van der Waals surface area contributed by atoms with Crippen LogP contribution < -0.4 is 15.1 Å². The maximum atomic E-state index is 11.6. The van der Waals surface area contributed by atoms with Crippen LogP contribution in [0, 0.1) is 6.92 Å². The van der Waals surface area contributed by atoms with Crippen molar-refractivity contribution in [2.45, 2.75) is 19.9 Å². The molecule has 2 fully saturated rings. The van der Waals surface area contributed by atoms with E-state index in [1.807, 2.05) is 0 Å². The highest BCUT2D eigenvalue weighted by molar-refractivity contribution is 7.91. The number of hydrogen-bond acceptors (Lipinski definition) is 5. The topological polar surface area (TPSA) is 52.6 Å². The Morgan fingerprint density at radius 3 is 2.55 bits per heavy atom. The number of piperazine rings is 1. The molecule has 0 spiro atoms. The molecule has 122 valence electrons. The lowest BCUT2D eigenvalue weighted by molar-refractivity contribution is 0.501. The zero-order valence-electron chi connectivity index (χ0n) is 13.4. The second-order valence-corrected chi connectivity index (χ2v) is 8.66. The minimum Gasteiger partial charge on any atom is -0.369 e. The molecule has 0 aliphatic carbocycles. The van der Waals surface area contributed by atoms with Crippen LogP contribution in [0.1, 0.15) is 12.5 Å². The number of nitrogens with zero attached hydrogens (tertiary/aromatic N) is 2. The van der Waals surface area contributed by atoms with E-state index < -0.39 is 9.84 Å². The molecule has 1 aromatic carbocycles. The lowest BCUT2D eigenvalue weighted by Crippen LogP contribution is -2.50. The Kier molecular flexibility index (Phi) is 4.32. The molecule has 2 aliphatic rings. The number of rotatable bonds is 2. The summed E-state index contributed by atoms with van der Waals surface area (Å²) in [6.45, 7) is 8.64. The van der Waals surface area contributed by atoms with E-state index in [9.17, 15) is 8.42 Å². The van der Waals surface area contributed by atoms with Crippen LogP contribution in [-0.2, 0) is 9.84 Å². The molecule has 2 heterocycles. The van der Waals surface area contributed by atoms with Crippen molar-refractivity contribution < 1.29 is 8.42 Å². The summed E-state index contributed by atoms with van der Waals surface area (Å²) in [5.41, 5.74) is 3.66. The van der Waals surface area contributed by atoms with Gasteiger partial charge < -0.3 is 15.1 Å². The molecule has 0 radical (unpaired) electrons. The summed E-state index contributed by atoms with van der Waals surface area (Å²) in [6, 6.07) is 7.06. The third kappa shape index (κ3) is 3.22. The minimum absolute atomic E-state index is 0.267. The van der Waals surface area contributed by atoms with E-state index in [-0.39, 0.29) is 11.5 Å². The van der Waals surface area contributed by atoms with Gasteiger partial charge in [0.2, 0.25) is 0 Å². The average molecular weight is 323 g/mol. The summed E-state index contributed by atoms with van der Waals surface area (Å²) in [5.74, 6) is 0.534. The maximum absolute atomic E-state index is 11.6. The summed E-state index contributed by atoms with van der Waals surface area (Å²) in [7, 11) is -2.83. The van der Waals surface area contributed by atoms with E-state index in [1.165, 1.54) is 16.9 Å². The Morgan fingerprint density at radius 2 is 1.91 bits per heavy atom. The summed E-state index contributed by atoms with van der Waals surface area (Å²) in [6.07, 6.45) is 0. The van der Waals surface area contributed by atoms with E-state index >= 15 is 0 Å². The van der Waals surface area contributed by atoms with Gasteiger partial charge in [0.15, 0.2) is 9.84 Å². The quantitative estimate of drug-likeness (QED) is 0.881. The fourth-order valence-electron chi connectivity index (χ4n) is 3.35. The first-order chi connectivity index (χ1) is 10.5. The van der Waals surface area contributed by atoms with Crippen LogP contribution in [0.2, 0.25) is 0 Å². The van der Waals surface area contributed by atoms with Crippen molar-refractivity contribution in [1.29, 1.82) is 0 Å². The van der Waals surface area contributed by atoms with E-state index in [4.69, 9.17) is 0 Å². The highest BCUT2D eigenvalue weighted by Crippen LogP contribution is 2.28. The van der Waals surface area contributed by atoms with Crippen LogP contribution in [-0.4, -0.2) is 58.7 Å². The highest BCUT2D eigenvalue weighted by Gasteiger charge is 2.23. The number of benzene rings is 1. The van der Waals surface area contributed by atoms with Gasteiger partial charge in [0, 0.05) is 50.1 Å². The summed E-state index contributed by atoms with van der Waals surface area (Å²) >= 11 is 0. The van der Waals surface area contributed by atoms with Crippen molar-refractivity contribution in [2.24, 2.45) is 0 Å². The molecular formula is C16H25N3O2S. The highest BCUT2D eigenvalue weighted by atomic mass is 32.2. The SMILES string of the molecule is Cc1cc(N2CCNC[C@H]2C)ccc1N1CCS(=O)(=O)CC1. The molecule has 1 atom stereocenters. The van der Waals surface area contributed by atoms with Crippen LogP contribution >= 0.6 is 0 Å². The number of anilines is 2. The second-order valence-electron chi connectivity index (χ2n) is 6.36. The predicted molar refractivity (Wildman–Crippen MR) is 91.7 cm³/mol. The molecule has 22 heavy (non-hydrogen) atoms. The van der Waals surface area contributed by atoms with E-state index in [0.29, 0.717) is 19.1 Å². The summed E-state index contributed by atoms with van der Waals surface area (Å²) in [4.78, 5) is 4.63. The molecule has 0 amide bonds. The Morgan fingerprint density at radius 1 is 1.18 bits per heavy atom. The van der Waals surface area contributed by atoms with Crippen molar-refractivity contribution in [3.05, 3.63) is 23.8 Å². The lowest BCUT2D eigenvalue weighted by atomic mass is 10.1. The lowest BCUT2D eigenvalue weighted by Gasteiger charge is -2.37. The molecule has 2 aliphatic heterocycles. The average Bonchev–Trinajstić information content (AvgIpc) is 2.48. The molecule has 0 saturated carbocycles. The first-order valence-corrected chi connectivity index (χ1v) is 9.82. The Labute approximate surface area is 133 Å². The van der Waals surface area contributed by atoms with Gasteiger partial charge in [-0.1, -0.05) is 0 Å². The van der Waals surface area contributed by atoms with Crippen molar-refractivity contribution in [3.63, 3.8) is 0 Å². The standard InChI is InChI=1S/C16H25N3O2S/c1-13-11-15(19-6-5-17-12-14(19)2)3-4-16(13)18-7-9-22(20,21)10-8-18/h3-4,11,14,17H,5-10,12H2,1-2H3/t14-/m1/s1. The van der Waals surface area contributed by atoms with Crippen LogP contribution in [0.5, 0.6) is 0 Å². The fraction of sp³-hybridized carbons (Fsp3) is 0.625. The molecular weight excluding hydrogens is 298 g/mol. The molecule has 0 unspecified atom stereocenters. The Bertz CT molecular complexity index is 631. The van der Waals surface area contributed by atoms with Gasteiger partial charge in [-0.3, -0.25) is 0 Å². The monoisotopic (exact) mass is 323 g/mol. The molecule has 5 nitrogen and oxygen atoms in total. The molecule has 0 bridgehead atoms. The van der Waals surface area contributed by atoms with Gasteiger partial charge in [0.1, 0.15) is 0 Å². The summed E-state index contributed by atoms with van der Waals surface area (Å²) < 4.78 is 23.1. The third-order valence-corrected chi connectivity index (χ3v) is 6.31. The number of sulfone groups is 1. The van der Waals surface area contributed by atoms with Crippen LogP contribution in [0.4, 0.5) is 11.4 Å².